The van der Waals surface area contributed by atoms with Crippen LogP contribution in [0, 0.1) is 0 Å². The Morgan fingerprint density at radius 2 is 1.73 bits per heavy atom. The first-order chi connectivity index (χ1) is 12.8. The molecule has 0 radical (unpaired) electrons. The minimum absolute atomic E-state index is 0.210. The average Bonchev–Trinajstić information content (AvgIpc) is 3.33. The van der Waals surface area contributed by atoms with Crippen molar-refractivity contribution in [3.05, 3.63) is 90.3 Å². The second-order valence-electron chi connectivity index (χ2n) is 5.78. The zero-order chi connectivity index (χ0) is 17.8. The minimum Gasteiger partial charge on any atom is -0.355 e. The molecule has 4 aromatic rings. The molecule has 4 rings (SSSR count). The summed E-state index contributed by atoms with van der Waals surface area (Å²) in [6.07, 6.45) is 1.82. The minimum atomic E-state index is -0.360. The van der Waals surface area contributed by atoms with Gasteiger partial charge in [-0.05, 0) is 5.56 Å². The van der Waals surface area contributed by atoms with Gasteiger partial charge < -0.3 is 9.84 Å². The summed E-state index contributed by atoms with van der Waals surface area (Å²) in [6, 6.07) is 22.9. The van der Waals surface area contributed by atoms with Gasteiger partial charge in [0.05, 0.1) is 6.54 Å². The third-order valence-corrected chi connectivity index (χ3v) is 3.87. The van der Waals surface area contributed by atoms with Gasteiger partial charge in [-0.1, -0.05) is 65.8 Å². The van der Waals surface area contributed by atoms with Crippen LogP contribution >= 0.6 is 0 Å². The van der Waals surface area contributed by atoms with Gasteiger partial charge in [-0.25, -0.2) is 0 Å². The Balaban J connectivity index is 1.43. The highest BCUT2D eigenvalue weighted by Gasteiger charge is 2.14. The van der Waals surface area contributed by atoms with Crippen LogP contribution < -0.4 is 5.32 Å². The van der Waals surface area contributed by atoms with Crippen molar-refractivity contribution in [2.24, 2.45) is 0 Å². The van der Waals surface area contributed by atoms with Crippen LogP contribution in [0.5, 0.6) is 0 Å². The van der Waals surface area contributed by atoms with Crippen LogP contribution in [0.4, 0.5) is 5.82 Å². The van der Waals surface area contributed by atoms with Crippen molar-refractivity contribution in [2.45, 2.75) is 6.54 Å². The lowest BCUT2D eigenvalue weighted by molar-refractivity contribution is 0.101. The molecule has 26 heavy (non-hydrogen) atoms. The average molecular weight is 344 g/mol. The van der Waals surface area contributed by atoms with E-state index in [1.54, 1.807) is 16.8 Å². The first kappa shape index (κ1) is 15.8. The topological polar surface area (TPSA) is 73.0 Å². The predicted molar refractivity (Wildman–Crippen MR) is 97.7 cm³/mol. The summed E-state index contributed by atoms with van der Waals surface area (Å²) in [5.74, 6) is 0.654. The molecule has 1 N–H and O–H groups in total. The van der Waals surface area contributed by atoms with Gasteiger partial charge in [0.2, 0.25) is 0 Å². The highest BCUT2D eigenvalue weighted by molar-refractivity contribution is 6.02. The van der Waals surface area contributed by atoms with E-state index < -0.39 is 0 Å². The van der Waals surface area contributed by atoms with Crippen LogP contribution in [0.1, 0.15) is 16.1 Å². The molecule has 6 heteroatoms. The van der Waals surface area contributed by atoms with E-state index in [1.807, 2.05) is 66.9 Å². The summed E-state index contributed by atoms with van der Waals surface area (Å²) in [6.45, 7) is 0.638. The van der Waals surface area contributed by atoms with Crippen LogP contribution in [0.15, 0.2) is 83.5 Å². The van der Waals surface area contributed by atoms with Crippen LogP contribution in [0.2, 0.25) is 0 Å². The van der Waals surface area contributed by atoms with E-state index >= 15 is 0 Å². The van der Waals surface area contributed by atoms with Gasteiger partial charge in [-0.3, -0.25) is 9.48 Å². The lowest BCUT2D eigenvalue weighted by Gasteiger charge is -2.01. The Bertz CT molecular complexity index is 1010. The Morgan fingerprint density at radius 1 is 1.00 bits per heavy atom. The molecule has 128 valence electrons. The Kier molecular flexibility index (Phi) is 4.30. The summed E-state index contributed by atoms with van der Waals surface area (Å²) >= 11 is 0. The van der Waals surface area contributed by atoms with E-state index in [0.717, 1.165) is 11.1 Å². The Hall–Kier alpha value is -3.67. The molecule has 0 atom stereocenters. The molecule has 0 aliphatic heterocycles. The van der Waals surface area contributed by atoms with Crippen molar-refractivity contribution in [3.63, 3.8) is 0 Å². The van der Waals surface area contributed by atoms with E-state index in [2.05, 4.69) is 15.6 Å². The number of carbonyl (C=O) groups is 1. The van der Waals surface area contributed by atoms with Crippen molar-refractivity contribution in [2.75, 3.05) is 5.32 Å². The molecular weight excluding hydrogens is 328 g/mol. The van der Waals surface area contributed by atoms with Crippen LogP contribution in [-0.4, -0.2) is 20.8 Å². The van der Waals surface area contributed by atoms with Gasteiger partial charge in [0, 0.05) is 23.9 Å². The summed E-state index contributed by atoms with van der Waals surface area (Å²) in [5.41, 5.74) is 2.21. The number of carbonyl (C=O) groups excluding carboxylic acids is 1. The smallest absolute Gasteiger partial charge is 0.279 e. The molecule has 2 aromatic carbocycles. The van der Waals surface area contributed by atoms with E-state index in [9.17, 15) is 4.79 Å². The molecule has 1 amide bonds. The fourth-order valence-electron chi connectivity index (χ4n) is 2.59. The lowest BCUT2D eigenvalue weighted by atomic mass is 10.1. The number of hydrogen-bond donors (Lipinski definition) is 1. The Labute approximate surface area is 150 Å². The maximum Gasteiger partial charge on any atom is 0.279 e. The molecule has 0 aliphatic rings. The molecule has 0 saturated carbocycles. The van der Waals surface area contributed by atoms with Crippen LogP contribution in [0.25, 0.3) is 11.3 Å². The number of nitrogens with one attached hydrogen (secondary N) is 1. The number of hydrogen-bond acceptors (Lipinski definition) is 4. The standard InChI is InChI=1S/C20H16N4O2/c25-20(17-13-18(26-23-17)16-9-5-2-6-10-16)21-19-11-12-24(22-19)14-15-7-3-1-4-8-15/h1-13H,14H2,(H,21,22,25). The molecule has 0 bridgehead atoms. The molecule has 0 aliphatic carbocycles. The molecular formula is C20H16N4O2. The number of aromatic nitrogens is 3. The second-order valence-corrected chi connectivity index (χ2v) is 5.78. The summed E-state index contributed by atoms with van der Waals surface area (Å²) < 4.78 is 7.02. The highest BCUT2D eigenvalue weighted by Crippen LogP contribution is 2.20. The molecule has 2 heterocycles. The van der Waals surface area contributed by atoms with Gasteiger partial charge in [-0.15, -0.1) is 0 Å². The van der Waals surface area contributed by atoms with E-state index in [4.69, 9.17) is 4.52 Å². The molecule has 0 saturated heterocycles. The molecule has 6 nitrogen and oxygen atoms in total. The van der Waals surface area contributed by atoms with E-state index in [-0.39, 0.29) is 11.6 Å². The number of nitrogens with zero attached hydrogens (tertiary/aromatic N) is 3. The van der Waals surface area contributed by atoms with E-state index in [0.29, 0.717) is 18.1 Å². The molecule has 0 spiro atoms. The number of rotatable bonds is 5. The molecule has 0 unspecified atom stereocenters. The molecule has 2 aromatic heterocycles. The van der Waals surface area contributed by atoms with Gasteiger partial charge in [0.1, 0.15) is 0 Å². The van der Waals surface area contributed by atoms with Crippen molar-refractivity contribution in [1.82, 2.24) is 14.9 Å². The number of anilines is 1. The quantitative estimate of drug-likeness (QED) is 0.597. The largest absolute Gasteiger partial charge is 0.355 e. The van der Waals surface area contributed by atoms with Crippen molar-refractivity contribution < 1.29 is 9.32 Å². The number of benzene rings is 2. The lowest BCUT2D eigenvalue weighted by Crippen LogP contribution is -2.13. The first-order valence-corrected chi connectivity index (χ1v) is 8.19. The maximum absolute atomic E-state index is 12.3. The first-order valence-electron chi connectivity index (χ1n) is 8.19. The van der Waals surface area contributed by atoms with Crippen molar-refractivity contribution in [1.29, 1.82) is 0 Å². The number of amides is 1. The van der Waals surface area contributed by atoms with Gasteiger partial charge in [0.15, 0.2) is 17.3 Å². The predicted octanol–water partition coefficient (Wildman–Crippen LogP) is 3.84. The summed E-state index contributed by atoms with van der Waals surface area (Å²) in [5, 5.41) is 10.9. The fourth-order valence-corrected chi connectivity index (χ4v) is 2.59. The van der Waals surface area contributed by atoms with Gasteiger partial charge in [-0.2, -0.15) is 5.10 Å². The molecule has 0 fully saturated rings. The van der Waals surface area contributed by atoms with Crippen molar-refractivity contribution >= 4 is 11.7 Å². The van der Waals surface area contributed by atoms with Gasteiger partial charge >= 0.3 is 0 Å². The third kappa shape index (κ3) is 3.54. The van der Waals surface area contributed by atoms with E-state index in [1.165, 1.54) is 0 Å². The summed E-state index contributed by atoms with van der Waals surface area (Å²) in [4.78, 5) is 12.3. The maximum atomic E-state index is 12.3. The zero-order valence-corrected chi connectivity index (χ0v) is 13.9. The van der Waals surface area contributed by atoms with Gasteiger partial charge in [0.25, 0.3) is 5.91 Å². The Morgan fingerprint density at radius 3 is 2.50 bits per heavy atom. The van der Waals surface area contributed by atoms with Crippen LogP contribution in [0.3, 0.4) is 0 Å². The SMILES string of the molecule is O=C(Nc1ccn(Cc2ccccc2)n1)c1cc(-c2ccccc2)on1. The normalized spacial score (nSPS) is 10.6. The van der Waals surface area contributed by atoms with Crippen molar-refractivity contribution in [3.8, 4) is 11.3 Å². The van der Waals surface area contributed by atoms with Crippen LogP contribution in [-0.2, 0) is 6.54 Å². The zero-order valence-electron chi connectivity index (χ0n) is 13.9. The second kappa shape index (κ2) is 7.06. The monoisotopic (exact) mass is 344 g/mol. The third-order valence-electron chi connectivity index (χ3n) is 3.87. The highest BCUT2D eigenvalue weighted by atomic mass is 16.5. The summed E-state index contributed by atoms with van der Waals surface area (Å²) in [7, 11) is 0. The fraction of sp³-hybridized carbons (Fsp3) is 0.0500.